The molecule has 5 rings (SSSR count). The van der Waals surface area contributed by atoms with Crippen molar-refractivity contribution in [3.05, 3.63) is 90.8 Å². The van der Waals surface area contributed by atoms with Crippen LogP contribution in [0.2, 0.25) is 0 Å². The van der Waals surface area contributed by atoms with Crippen molar-refractivity contribution >= 4 is 38.2 Å². The van der Waals surface area contributed by atoms with E-state index in [0.29, 0.717) is 13.0 Å². The van der Waals surface area contributed by atoms with Gasteiger partial charge in [0, 0.05) is 31.5 Å². The van der Waals surface area contributed by atoms with Crippen LogP contribution in [0.3, 0.4) is 0 Å². The number of hydrogen-bond donors (Lipinski definition) is 1. The van der Waals surface area contributed by atoms with Crippen LogP contribution in [0.4, 0.5) is 0 Å². The molecule has 0 atom stereocenters. The molecule has 0 saturated heterocycles. The number of carbonyl (C=O) groups is 1. The van der Waals surface area contributed by atoms with Crippen molar-refractivity contribution < 1.29 is 9.36 Å². The van der Waals surface area contributed by atoms with E-state index in [1.54, 1.807) is 0 Å². The smallest absolute Gasteiger partial charge is 0.220 e. The van der Waals surface area contributed by atoms with Crippen LogP contribution in [-0.2, 0) is 17.9 Å². The number of nitrogens with one attached hydrogen (secondary N) is 1. The molecule has 5 aromatic rings. The molecule has 0 spiro atoms. The van der Waals surface area contributed by atoms with Crippen LogP contribution >= 0.6 is 0 Å². The third-order valence-electron chi connectivity index (χ3n) is 5.94. The molecule has 1 N–H and O–H groups in total. The lowest BCUT2D eigenvalue weighted by Crippen LogP contribution is -2.32. The van der Waals surface area contributed by atoms with Crippen molar-refractivity contribution in [3.8, 4) is 0 Å². The first-order valence-corrected chi connectivity index (χ1v) is 10.7. The fourth-order valence-electron chi connectivity index (χ4n) is 4.40. The molecule has 0 aliphatic carbocycles. The van der Waals surface area contributed by atoms with Gasteiger partial charge in [0.05, 0.1) is 0 Å². The molecular formula is C27H25N2O+. The molecule has 0 unspecified atom stereocenters. The Hall–Kier alpha value is -3.46. The first-order valence-electron chi connectivity index (χ1n) is 10.7. The van der Waals surface area contributed by atoms with Gasteiger partial charge in [0.25, 0.3) is 0 Å². The van der Waals surface area contributed by atoms with Crippen LogP contribution in [0.5, 0.6) is 0 Å². The van der Waals surface area contributed by atoms with E-state index >= 15 is 0 Å². The third kappa shape index (κ3) is 3.59. The van der Waals surface area contributed by atoms with Crippen LogP contribution < -0.4 is 9.88 Å². The summed E-state index contributed by atoms with van der Waals surface area (Å²) in [5.41, 5.74) is 1.17. The molecule has 4 aromatic carbocycles. The zero-order valence-electron chi connectivity index (χ0n) is 17.0. The van der Waals surface area contributed by atoms with Crippen molar-refractivity contribution in [2.45, 2.75) is 32.4 Å². The molecule has 30 heavy (non-hydrogen) atoms. The monoisotopic (exact) mass is 393 g/mol. The quantitative estimate of drug-likeness (QED) is 0.225. The Morgan fingerprint density at radius 3 is 2.23 bits per heavy atom. The van der Waals surface area contributed by atoms with E-state index in [1.165, 1.54) is 37.9 Å². The van der Waals surface area contributed by atoms with Gasteiger partial charge in [0.2, 0.25) is 5.91 Å². The van der Waals surface area contributed by atoms with Gasteiger partial charge in [-0.05, 0) is 44.3 Å². The molecule has 1 heterocycles. The van der Waals surface area contributed by atoms with Crippen molar-refractivity contribution in [3.63, 3.8) is 0 Å². The van der Waals surface area contributed by atoms with E-state index in [2.05, 4.69) is 76.9 Å². The summed E-state index contributed by atoms with van der Waals surface area (Å²) in [5, 5.41) is 10.8. The Morgan fingerprint density at radius 1 is 0.733 bits per heavy atom. The highest BCUT2D eigenvalue weighted by atomic mass is 16.1. The summed E-state index contributed by atoms with van der Waals surface area (Å²) in [4.78, 5) is 12.4. The molecule has 0 aliphatic heterocycles. The maximum Gasteiger partial charge on any atom is 0.220 e. The van der Waals surface area contributed by atoms with Crippen LogP contribution in [0.15, 0.2) is 85.2 Å². The minimum atomic E-state index is 0.124. The largest absolute Gasteiger partial charge is 0.352 e. The maximum atomic E-state index is 12.4. The molecular weight excluding hydrogens is 368 g/mol. The normalized spacial score (nSPS) is 11.5. The molecule has 0 aliphatic rings. The summed E-state index contributed by atoms with van der Waals surface area (Å²) in [6, 6.07) is 25.6. The lowest BCUT2D eigenvalue weighted by Gasteiger charge is -2.14. The van der Waals surface area contributed by atoms with Gasteiger partial charge >= 0.3 is 0 Å². The lowest BCUT2D eigenvalue weighted by molar-refractivity contribution is -0.697. The van der Waals surface area contributed by atoms with Gasteiger partial charge < -0.3 is 5.32 Å². The zero-order chi connectivity index (χ0) is 20.3. The number of amides is 1. The van der Waals surface area contributed by atoms with Gasteiger partial charge in [0.15, 0.2) is 12.4 Å². The number of pyridine rings is 1. The Labute approximate surface area is 176 Å². The van der Waals surface area contributed by atoms with Gasteiger partial charge in [-0.25, -0.2) is 4.57 Å². The molecule has 3 nitrogen and oxygen atoms in total. The third-order valence-corrected chi connectivity index (χ3v) is 5.94. The number of carbonyl (C=O) groups excluding carboxylic acids is 1. The Kier molecular flexibility index (Phi) is 5.02. The summed E-state index contributed by atoms with van der Waals surface area (Å²) in [6.07, 6.45) is 6.59. The summed E-state index contributed by atoms with van der Waals surface area (Å²) in [5.74, 6) is 0.124. The van der Waals surface area contributed by atoms with Gasteiger partial charge in [0.1, 0.15) is 6.54 Å². The Balaban J connectivity index is 1.27. The predicted molar refractivity (Wildman–Crippen MR) is 122 cm³/mol. The minimum absolute atomic E-state index is 0.124. The first-order chi connectivity index (χ1) is 14.8. The number of nitrogens with zero attached hydrogens (tertiary/aromatic N) is 1. The number of unbranched alkanes of at least 4 members (excludes halogenated alkanes) is 1. The molecule has 0 radical (unpaired) electrons. The number of aromatic nitrogens is 1. The van der Waals surface area contributed by atoms with Gasteiger partial charge in [-0.15, -0.1) is 0 Å². The highest BCUT2D eigenvalue weighted by Crippen LogP contribution is 2.35. The molecule has 0 saturated carbocycles. The van der Waals surface area contributed by atoms with Gasteiger partial charge in [-0.1, -0.05) is 60.7 Å². The van der Waals surface area contributed by atoms with Gasteiger partial charge in [-0.3, -0.25) is 4.79 Å². The van der Waals surface area contributed by atoms with Crippen LogP contribution in [0.25, 0.3) is 32.3 Å². The molecule has 0 bridgehead atoms. The average molecular weight is 394 g/mol. The van der Waals surface area contributed by atoms with Crippen LogP contribution in [0, 0.1) is 0 Å². The fraction of sp³-hybridized carbons (Fsp3) is 0.185. The molecule has 0 fully saturated rings. The van der Waals surface area contributed by atoms with E-state index in [0.717, 1.165) is 19.4 Å². The Bertz CT molecular complexity index is 1290. The molecule has 3 heteroatoms. The summed E-state index contributed by atoms with van der Waals surface area (Å²) in [7, 11) is 0. The van der Waals surface area contributed by atoms with Crippen molar-refractivity contribution in [1.29, 1.82) is 0 Å². The van der Waals surface area contributed by atoms with Crippen LogP contribution in [-0.4, -0.2) is 5.91 Å². The van der Waals surface area contributed by atoms with E-state index in [4.69, 9.17) is 0 Å². The Morgan fingerprint density at radius 2 is 1.43 bits per heavy atom. The van der Waals surface area contributed by atoms with E-state index in [-0.39, 0.29) is 5.91 Å². The van der Waals surface area contributed by atoms with Crippen molar-refractivity contribution in [2.24, 2.45) is 0 Å². The highest BCUT2D eigenvalue weighted by Gasteiger charge is 2.11. The second-order valence-corrected chi connectivity index (χ2v) is 7.93. The highest BCUT2D eigenvalue weighted by molar-refractivity contribution is 6.23. The van der Waals surface area contributed by atoms with Gasteiger partial charge in [-0.2, -0.15) is 0 Å². The molecule has 1 aromatic heterocycles. The van der Waals surface area contributed by atoms with E-state index in [1.807, 2.05) is 18.2 Å². The number of aryl methyl sites for hydroxylation is 1. The number of hydrogen-bond acceptors (Lipinski definition) is 1. The lowest BCUT2D eigenvalue weighted by atomic mass is 9.92. The second kappa shape index (κ2) is 8.11. The van der Waals surface area contributed by atoms with Crippen molar-refractivity contribution in [2.75, 3.05) is 0 Å². The predicted octanol–water partition coefficient (Wildman–Crippen LogP) is 5.36. The average Bonchev–Trinajstić information content (AvgIpc) is 2.80. The topological polar surface area (TPSA) is 33.0 Å². The molecule has 1 amide bonds. The zero-order valence-corrected chi connectivity index (χ0v) is 17.0. The standard InChI is InChI=1S/C27H24N2O/c30-25(9-2-5-18-29-16-3-1-4-17-29)28-19-23-13-12-22-11-10-20-7-6-8-21-14-15-24(23)27(22)26(20)21/h1,3-4,6-8,10-17H,2,5,9,18-19H2/p+1. The second-order valence-electron chi connectivity index (χ2n) is 7.93. The minimum Gasteiger partial charge on any atom is -0.352 e. The number of benzene rings is 4. The van der Waals surface area contributed by atoms with Crippen molar-refractivity contribution in [1.82, 2.24) is 5.32 Å². The summed E-state index contributed by atoms with van der Waals surface area (Å²) < 4.78 is 2.16. The summed E-state index contributed by atoms with van der Waals surface area (Å²) in [6.45, 7) is 1.52. The van der Waals surface area contributed by atoms with Crippen LogP contribution in [0.1, 0.15) is 24.8 Å². The maximum absolute atomic E-state index is 12.4. The first kappa shape index (κ1) is 18.6. The SMILES string of the molecule is O=C(CCCC[n+]1ccccc1)NCc1ccc2ccc3cccc4ccc1c2c34. The van der Waals surface area contributed by atoms with E-state index < -0.39 is 0 Å². The molecule has 148 valence electrons. The number of rotatable bonds is 7. The summed E-state index contributed by atoms with van der Waals surface area (Å²) >= 11 is 0. The van der Waals surface area contributed by atoms with E-state index in [9.17, 15) is 4.79 Å². The fourth-order valence-corrected chi connectivity index (χ4v) is 4.40.